The van der Waals surface area contributed by atoms with Gasteiger partial charge < -0.3 is 19.7 Å². The van der Waals surface area contributed by atoms with Crippen LogP contribution in [-0.2, 0) is 0 Å². The van der Waals surface area contributed by atoms with Crippen LogP contribution >= 0.6 is 11.8 Å². The summed E-state index contributed by atoms with van der Waals surface area (Å²) in [5.41, 5.74) is 4.65. The van der Waals surface area contributed by atoms with Crippen molar-refractivity contribution in [1.29, 1.82) is 0 Å². The quantitative estimate of drug-likeness (QED) is 0.183. The molecular formula is C34H37F3N6O3S. The predicted molar refractivity (Wildman–Crippen MR) is 179 cm³/mol. The zero-order chi connectivity index (χ0) is 33.6. The van der Waals surface area contributed by atoms with Crippen LogP contribution < -0.4 is 19.7 Å². The first-order valence-electron chi connectivity index (χ1n) is 15.3. The number of halogens is 3. The van der Waals surface area contributed by atoms with Gasteiger partial charge in [0.1, 0.15) is 17.8 Å². The van der Waals surface area contributed by atoms with Crippen molar-refractivity contribution in [3.63, 3.8) is 0 Å². The topological polar surface area (TPSA) is 93.9 Å². The number of amides is 2. The number of rotatable bonds is 10. The van der Waals surface area contributed by atoms with Gasteiger partial charge in [-0.2, -0.15) is 4.99 Å². The van der Waals surface area contributed by atoms with Gasteiger partial charge in [0.25, 0.3) is 0 Å². The van der Waals surface area contributed by atoms with E-state index in [9.17, 15) is 18.0 Å². The second-order valence-corrected chi connectivity index (χ2v) is 12.5. The number of hydrogen-bond donors (Lipinski definition) is 1. The Hall–Kier alpha value is -4.52. The van der Waals surface area contributed by atoms with Crippen molar-refractivity contribution < 1.29 is 27.4 Å². The lowest BCUT2D eigenvalue weighted by atomic mass is 9.96. The Morgan fingerprint density at radius 2 is 1.77 bits per heavy atom. The standard InChI is InChI=1S/C34H37F3N6O3S/c1-22(2)29-20-28(45-4)14-15-30(29)42-18-5-19-47-33(42)40-32(44)38-17-16-23(3)24-6-8-25(9-7-24)31-39-21-43(41-31)26-10-12-27(13-11-26)46-34(35,36)37/h6-15,20-23H,5,16-19H2,1-4H3,(H,38,44). The third kappa shape index (κ3) is 8.85. The van der Waals surface area contributed by atoms with E-state index < -0.39 is 6.36 Å². The van der Waals surface area contributed by atoms with Crippen LogP contribution in [0.3, 0.4) is 0 Å². The van der Waals surface area contributed by atoms with Crippen LogP contribution in [0.15, 0.2) is 78.0 Å². The van der Waals surface area contributed by atoms with Gasteiger partial charge >= 0.3 is 12.4 Å². The molecule has 2 amide bonds. The lowest BCUT2D eigenvalue weighted by Gasteiger charge is -2.32. The van der Waals surface area contributed by atoms with E-state index in [0.29, 0.717) is 23.2 Å². The van der Waals surface area contributed by atoms with Gasteiger partial charge in [-0.05, 0) is 78.3 Å². The van der Waals surface area contributed by atoms with Crippen LogP contribution in [0.4, 0.5) is 23.7 Å². The number of thioether (sulfide) groups is 1. The average molecular weight is 667 g/mol. The highest BCUT2D eigenvalue weighted by molar-refractivity contribution is 8.14. The molecule has 1 saturated heterocycles. The molecule has 3 aromatic carbocycles. The van der Waals surface area contributed by atoms with E-state index in [1.54, 1.807) is 18.9 Å². The van der Waals surface area contributed by atoms with Crippen LogP contribution in [0.1, 0.15) is 56.6 Å². The summed E-state index contributed by atoms with van der Waals surface area (Å²) in [6.07, 6.45) is -1.52. The van der Waals surface area contributed by atoms with E-state index in [0.717, 1.165) is 53.3 Å². The van der Waals surface area contributed by atoms with Gasteiger partial charge in [0.15, 0.2) is 11.0 Å². The average Bonchev–Trinajstić information content (AvgIpc) is 3.55. The molecule has 13 heteroatoms. The van der Waals surface area contributed by atoms with Crippen molar-refractivity contribution >= 4 is 28.6 Å². The molecule has 0 aliphatic carbocycles. The monoisotopic (exact) mass is 666 g/mol. The highest BCUT2D eigenvalue weighted by Crippen LogP contribution is 2.35. The summed E-state index contributed by atoms with van der Waals surface area (Å²) < 4.78 is 48.2. The van der Waals surface area contributed by atoms with Crippen molar-refractivity contribution in [2.75, 3.05) is 30.9 Å². The molecule has 1 N–H and O–H groups in total. The van der Waals surface area contributed by atoms with Gasteiger partial charge in [-0.15, -0.1) is 18.3 Å². The molecule has 1 unspecified atom stereocenters. The fourth-order valence-electron chi connectivity index (χ4n) is 5.21. The van der Waals surface area contributed by atoms with Crippen molar-refractivity contribution in [3.8, 4) is 28.6 Å². The minimum atomic E-state index is -4.75. The van der Waals surface area contributed by atoms with Crippen molar-refractivity contribution in [1.82, 2.24) is 20.1 Å². The molecule has 2 heterocycles. The number of benzene rings is 3. The second kappa shape index (κ2) is 14.9. The van der Waals surface area contributed by atoms with Gasteiger partial charge in [-0.3, -0.25) is 0 Å². The van der Waals surface area contributed by atoms with Crippen LogP contribution in [0.25, 0.3) is 17.1 Å². The number of methoxy groups -OCH3 is 1. The normalized spacial score (nSPS) is 15.1. The zero-order valence-electron chi connectivity index (χ0n) is 26.6. The smallest absolute Gasteiger partial charge is 0.497 e. The van der Waals surface area contributed by atoms with Crippen LogP contribution in [0.2, 0.25) is 0 Å². The first-order valence-corrected chi connectivity index (χ1v) is 16.3. The number of aromatic nitrogens is 3. The molecule has 1 aromatic heterocycles. The van der Waals surface area contributed by atoms with E-state index in [2.05, 4.69) is 56.9 Å². The number of carbonyl (C=O) groups is 1. The lowest BCUT2D eigenvalue weighted by Crippen LogP contribution is -2.36. The molecule has 0 saturated carbocycles. The highest BCUT2D eigenvalue weighted by Gasteiger charge is 2.31. The number of nitrogens with zero attached hydrogens (tertiary/aromatic N) is 5. The maximum absolute atomic E-state index is 12.9. The summed E-state index contributed by atoms with van der Waals surface area (Å²) in [6.45, 7) is 7.65. The molecule has 1 aliphatic rings. The molecule has 0 radical (unpaired) electrons. The largest absolute Gasteiger partial charge is 0.573 e. The molecule has 1 fully saturated rings. The molecule has 4 aromatic rings. The summed E-state index contributed by atoms with van der Waals surface area (Å²) in [5.74, 6) is 2.35. The Labute approximate surface area is 276 Å². The molecule has 0 spiro atoms. The fraction of sp³-hybridized carbons (Fsp3) is 0.353. The number of urea groups is 1. The first-order chi connectivity index (χ1) is 22.5. The third-order valence-corrected chi connectivity index (χ3v) is 8.81. The Morgan fingerprint density at radius 3 is 2.45 bits per heavy atom. The third-order valence-electron chi connectivity index (χ3n) is 7.75. The van der Waals surface area contributed by atoms with Gasteiger partial charge in [0, 0.05) is 30.1 Å². The van der Waals surface area contributed by atoms with E-state index >= 15 is 0 Å². The van der Waals surface area contributed by atoms with E-state index in [-0.39, 0.29) is 23.6 Å². The Balaban J connectivity index is 1.16. The summed E-state index contributed by atoms with van der Waals surface area (Å²) >= 11 is 1.59. The van der Waals surface area contributed by atoms with Crippen LogP contribution in [0, 0.1) is 0 Å². The number of ether oxygens (including phenoxy) is 2. The maximum atomic E-state index is 12.9. The number of aliphatic imine (C=N–C) groups is 1. The molecule has 5 rings (SSSR count). The van der Waals surface area contributed by atoms with E-state index in [1.807, 2.05) is 36.4 Å². The predicted octanol–water partition coefficient (Wildman–Crippen LogP) is 8.17. The SMILES string of the molecule is COc1ccc(N2CCCSC2=NC(=O)NCCC(C)c2ccc(-c3ncn(-c4ccc(OC(F)(F)F)cc4)n3)cc2)c(C(C)C)c1. The Bertz CT molecular complexity index is 1690. The summed E-state index contributed by atoms with van der Waals surface area (Å²) in [4.78, 5) is 23.8. The van der Waals surface area contributed by atoms with Crippen molar-refractivity contribution in [3.05, 3.63) is 84.2 Å². The lowest BCUT2D eigenvalue weighted by molar-refractivity contribution is -0.274. The van der Waals surface area contributed by atoms with Crippen molar-refractivity contribution in [2.24, 2.45) is 4.99 Å². The fourth-order valence-corrected chi connectivity index (χ4v) is 6.16. The molecule has 0 bridgehead atoms. The highest BCUT2D eigenvalue weighted by atomic mass is 32.2. The van der Waals surface area contributed by atoms with E-state index in [1.165, 1.54) is 35.3 Å². The number of nitrogens with one attached hydrogen (secondary N) is 1. The molecule has 9 nitrogen and oxygen atoms in total. The number of anilines is 1. The maximum Gasteiger partial charge on any atom is 0.573 e. The van der Waals surface area contributed by atoms with Crippen LogP contribution in [-0.4, -0.2) is 58.3 Å². The van der Waals surface area contributed by atoms with Crippen molar-refractivity contribution in [2.45, 2.75) is 51.8 Å². The minimum Gasteiger partial charge on any atom is -0.497 e. The second-order valence-electron chi connectivity index (χ2n) is 11.4. The first kappa shape index (κ1) is 33.8. The molecular weight excluding hydrogens is 629 g/mol. The molecule has 1 atom stereocenters. The number of alkyl halides is 3. The van der Waals surface area contributed by atoms with Gasteiger partial charge in [-0.25, -0.2) is 14.5 Å². The summed E-state index contributed by atoms with van der Waals surface area (Å²) in [7, 11) is 1.66. The van der Waals surface area contributed by atoms with Gasteiger partial charge in [0.2, 0.25) is 0 Å². The number of hydrogen-bond acceptors (Lipinski definition) is 6. The summed E-state index contributed by atoms with van der Waals surface area (Å²) in [5, 5.41) is 8.12. The Kier molecular flexibility index (Phi) is 10.7. The molecule has 1 aliphatic heterocycles. The summed E-state index contributed by atoms with van der Waals surface area (Å²) in [6, 6.07) is 18.9. The van der Waals surface area contributed by atoms with Gasteiger partial charge in [-0.1, -0.05) is 56.8 Å². The molecule has 248 valence electrons. The van der Waals surface area contributed by atoms with Crippen LogP contribution in [0.5, 0.6) is 11.5 Å². The minimum absolute atomic E-state index is 0.174. The number of carbonyl (C=O) groups excluding carboxylic acids is 1. The zero-order valence-corrected chi connectivity index (χ0v) is 27.4. The number of amidine groups is 1. The molecule has 47 heavy (non-hydrogen) atoms. The van der Waals surface area contributed by atoms with E-state index in [4.69, 9.17) is 4.74 Å². The Morgan fingerprint density at radius 1 is 1.04 bits per heavy atom. The van der Waals surface area contributed by atoms with Gasteiger partial charge in [0.05, 0.1) is 12.8 Å².